The number of halogens is 3. The number of benzene rings is 1. The average Bonchev–Trinajstić information content (AvgIpc) is 2.05. The summed E-state index contributed by atoms with van der Waals surface area (Å²) in [5.41, 5.74) is -0.119. The number of hydrogen-bond donors (Lipinski definition) is 0. The smallest absolute Gasteiger partial charge is 0.310 e. The third kappa shape index (κ3) is 2.49. The van der Waals surface area contributed by atoms with Crippen LogP contribution in [-0.4, -0.2) is 6.54 Å². The molecule has 0 aliphatic carbocycles. The Labute approximate surface area is 83.3 Å². The third-order valence-corrected chi connectivity index (χ3v) is 2.07. The highest BCUT2D eigenvalue weighted by Gasteiger charge is 2.35. The van der Waals surface area contributed by atoms with Crippen LogP contribution in [0.2, 0.25) is 0 Å². The van der Waals surface area contributed by atoms with Crippen LogP contribution < -0.4 is 0 Å². The highest BCUT2D eigenvalue weighted by Crippen LogP contribution is 2.29. The maximum Gasteiger partial charge on any atom is 0.343 e. The first-order valence-corrected chi connectivity index (χ1v) is 4.32. The molecular weight excluding hydrogens is 240 g/mol. The van der Waals surface area contributed by atoms with Crippen LogP contribution in [0.3, 0.4) is 0 Å². The zero-order valence-electron chi connectivity index (χ0n) is 6.60. The Morgan fingerprint density at radius 2 is 1.85 bits per heavy atom. The van der Waals surface area contributed by atoms with E-state index in [0.29, 0.717) is 0 Å². The van der Waals surface area contributed by atoms with Crippen molar-refractivity contribution in [1.29, 1.82) is 0 Å². The Hall–Kier alpha value is -0.950. The van der Waals surface area contributed by atoms with Gasteiger partial charge in [0.15, 0.2) is 0 Å². The molecule has 0 saturated heterocycles. The summed E-state index contributed by atoms with van der Waals surface area (Å²) >= 11 is 3.15. The highest BCUT2D eigenvalue weighted by atomic mass is 79.9. The average molecular weight is 246 g/mol. The summed E-state index contributed by atoms with van der Waals surface area (Å²) in [7, 11) is 0. The van der Waals surface area contributed by atoms with Crippen LogP contribution in [0.15, 0.2) is 28.7 Å². The maximum atomic E-state index is 13.1. The Kier molecular flexibility index (Phi) is 2.99. The molecule has 0 atom stereocenters. The van der Waals surface area contributed by atoms with Crippen LogP contribution in [0.25, 0.3) is 4.85 Å². The largest absolute Gasteiger partial charge is 0.343 e. The van der Waals surface area contributed by atoms with Crippen molar-refractivity contribution in [3.8, 4) is 0 Å². The molecule has 0 bridgehead atoms. The Morgan fingerprint density at radius 1 is 1.31 bits per heavy atom. The van der Waals surface area contributed by atoms with E-state index in [2.05, 4.69) is 20.8 Å². The molecule has 1 nitrogen and oxygen atoms in total. The van der Waals surface area contributed by atoms with E-state index in [9.17, 15) is 8.78 Å². The van der Waals surface area contributed by atoms with Crippen molar-refractivity contribution in [2.24, 2.45) is 0 Å². The fourth-order valence-corrected chi connectivity index (χ4v) is 1.15. The fraction of sp³-hybridized carbons (Fsp3) is 0.222. The van der Waals surface area contributed by atoms with Gasteiger partial charge >= 0.3 is 5.92 Å². The number of hydrogen-bond acceptors (Lipinski definition) is 0. The van der Waals surface area contributed by atoms with Crippen molar-refractivity contribution >= 4 is 15.9 Å². The van der Waals surface area contributed by atoms with Crippen LogP contribution >= 0.6 is 15.9 Å². The van der Waals surface area contributed by atoms with Gasteiger partial charge in [-0.15, -0.1) is 0 Å². The van der Waals surface area contributed by atoms with Gasteiger partial charge in [-0.05, 0) is 12.1 Å². The molecule has 13 heavy (non-hydrogen) atoms. The van der Waals surface area contributed by atoms with Gasteiger partial charge < -0.3 is 4.85 Å². The molecule has 0 fully saturated rings. The maximum absolute atomic E-state index is 13.1. The van der Waals surface area contributed by atoms with Gasteiger partial charge in [-0.1, -0.05) is 28.1 Å². The normalized spacial score (nSPS) is 10.9. The van der Waals surface area contributed by atoms with E-state index in [-0.39, 0.29) is 5.56 Å². The monoisotopic (exact) mass is 245 g/mol. The third-order valence-electron chi connectivity index (χ3n) is 1.54. The van der Waals surface area contributed by atoms with Gasteiger partial charge in [-0.3, -0.25) is 0 Å². The minimum Gasteiger partial charge on any atom is -0.310 e. The van der Waals surface area contributed by atoms with Crippen molar-refractivity contribution in [1.82, 2.24) is 0 Å². The Balaban J connectivity index is 2.95. The lowest BCUT2D eigenvalue weighted by molar-refractivity contribution is 0.0141. The van der Waals surface area contributed by atoms with Gasteiger partial charge in [0.1, 0.15) is 0 Å². The van der Waals surface area contributed by atoms with E-state index in [1.165, 1.54) is 24.3 Å². The molecule has 0 heterocycles. The van der Waals surface area contributed by atoms with E-state index >= 15 is 0 Å². The SMILES string of the molecule is [C-]#[N+]CC(F)(F)c1ccc(Br)cc1. The van der Waals surface area contributed by atoms with Gasteiger partial charge in [0.2, 0.25) is 0 Å². The first-order chi connectivity index (χ1) is 6.06. The lowest BCUT2D eigenvalue weighted by Crippen LogP contribution is -2.16. The summed E-state index contributed by atoms with van der Waals surface area (Å²) in [6, 6.07) is 5.70. The second kappa shape index (κ2) is 3.84. The molecule has 0 radical (unpaired) electrons. The van der Waals surface area contributed by atoms with Gasteiger partial charge in [0, 0.05) is 10.0 Å². The second-order valence-corrected chi connectivity index (χ2v) is 3.44. The minimum atomic E-state index is -3.04. The molecule has 68 valence electrons. The summed E-state index contributed by atoms with van der Waals surface area (Å²) in [4.78, 5) is 2.69. The predicted molar refractivity (Wildman–Crippen MR) is 49.5 cm³/mol. The van der Waals surface area contributed by atoms with Crippen molar-refractivity contribution in [2.45, 2.75) is 5.92 Å². The first kappa shape index (κ1) is 10.1. The van der Waals surface area contributed by atoms with Crippen molar-refractivity contribution in [3.63, 3.8) is 0 Å². The van der Waals surface area contributed by atoms with Crippen LogP contribution in [0, 0.1) is 6.57 Å². The van der Waals surface area contributed by atoms with E-state index < -0.39 is 12.5 Å². The van der Waals surface area contributed by atoms with E-state index in [1.807, 2.05) is 0 Å². The number of alkyl halides is 2. The predicted octanol–water partition coefficient (Wildman–Crippen LogP) is 3.46. The summed E-state index contributed by atoms with van der Waals surface area (Å²) in [5.74, 6) is -3.04. The lowest BCUT2D eigenvalue weighted by atomic mass is 10.1. The molecule has 1 aromatic carbocycles. The first-order valence-electron chi connectivity index (χ1n) is 3.53. The Bertz CT molecular complexity index is 326. The molecule has 0 saturated carbocycles. The molecule has 0 aromatic heterocycles. The molecule has 0 unspecified atom stereocenters. The molecule has 0 aliphatic rings. The van der Waals surface area contributed by atoms with E-state index in [4.69, 9.17) is 6.57 Å². The fourth-order valence-electron chi connectivity index (χ4n) is 0.884. The number of rotatable bonds is 2. The highest BCUT2D eigenvalue weighted by molar-refractivity contribution is 9.10. The van der Waals surface area contributed by atoms with Crippen molar-refractivity contribution < 1.29 is 8.78 Å². The van der Waals surface area contributed by atoms with Crippen LogP contribution in [0.1, 0.15) is 5.56 Å². The molecule has 0 amide bonds. The van der Waals surface area contributed by atoms with Crippen molar-refractivity contribution in [3.05, 3.63) is 45.7 Å². The zero-order chi connectivity index (χ0) is 9.90. The lowest BCUT2D eigenvalue weighted by Gasteiger charge is -2.09. The molecule has 0 spiro atoms. The molecule has 0 N–H and O–H groups in total. The van der Waals surface area contributed by atoms with Gasteiger partial charge in [-0.25, -0.2) is 6.57 Å². The van der Waals surface area contributed by atoms with Gasteiger partial charge in [0.25, 0.3) is 6.54 Å². The molecular formula is C9H6BrF2N. The second-order valence-electron chi connectivity index (χ2n) is 2.53. The van der Waals surface area contributed by atoms with Crippen molar-refractivity contribution in [2.75, 3.05) is 6.54 Å². The van der Waals surface area contributed by atoms with E-state index in [1.54, 1.807) is 0 Å². The van der Waals surface area contributed by atoms with Crippen LogP contribution in [0.4, 0.5) is 8.78 Å². The molecule has 1 aromatic rings. The molecule has 0 aliphatic heterocycles. The summed E-state index contributed by atoms with van der Waals surface area (Å²) in [6.45, 7) is 5.59. The van der Waals surface area contributed by atoms with Gasteiger partial charge in [-0.2, -0.15) is 8.78 Å². The number of nitrogens with zero attached hydrogens (tertiary/aromatic N) is 1. The standard InChI is InChI=1S/C9H6BrF2N/c1-13-6-9(11,12)7-2-4-8(10)5-3-7/h2-5H,6H2. The Morgan fingerprint density at radius 3 is 2.31 bits per heavy atom. The quantitative estimate of drug-likeness (QED) is 0.704. The zero-order valence-corrected chi connectivity index (χ0v) is 8.18. The van der Waals surface area contributed by atoms with E-state index in [0.717, 1.165) is 4.47 Å². The summed E-state index contributed by atoms with van der Waals surface area (Å²) in [5, 5.41) is 0. The minimum absolute atomic E-state index is 0.119. The van der Waals surface area contributed by atoms with Crippen LogP contribution in [-0.2, 0) is 5.92 Å². The summed E-state index contributed by atoms with van der Waals surface area (Å²) in [6.07, 6.45) is 0. The molecule has 4 heteroatoms. The van der Waals surface area contributed by atoms with Crippen LogP contribution in [0.5, 0.6) is 0 Å². The topological polar surface area (TPSA) is 4.36 Å². The summed E-state index contributed by atoms with van der Waals surface area (Å²) < 4.78 is 26.9. The molecule has 1 rings (SSSR count). The van der Waals surface area contributed by atoms with Gasteiger partial charge in [0.05, 0.1) is 0 Å².